The van der Waals surface area contributed by atoms with Crippen LogP contribution in [0.5, 0.6) is 5.75 Å². The number of thioether (sulfide) groups is 1. The van der Waals surface area contributed by atoms with Crippen molar-refractivity contribution in [3.63, 3.8) is 0 Å². The summed E-state index contributed by atoms with van der Waals surface area (Å²) in [4.78, 5) is 19.9. The van der Waals surface area contributed by atoms with Gasteiger partial charge in [0.15, 0.2) is 11.6 Å². The second kappa shape index (κ2) is 10.1. The van der Waals surface area contributed by atoms with E-state index in [0.717, 1.165) is 24.3 Å². The van der Waals surface area contributed by atoms with Gasteiger partial charge in [-0.25, -0.2) is 13.4 Å². The van der Waals surface area contributed by atoms with Crippen LogP contribution in [0.2, 0.25) is 0 Å². The molecule has 0 atom stereocenters. The van der Waals surface area contributed by atoms with Crippen LogP contribution in [0.1, 0.15) is 42.6 Å². The van der Waals surface area contributed by atoms with Crippen molar-refractivity contribution in [3.8, 4) is 5.75 Å². The van der Waals surface area contributed by atoms with Crippen molar-refractivity contribution >= 4 is 33.5 Å². The molecule has 2 fully saturated rings. The molecule has 2 aromatic rings. The Hall–Kier alpha value is -2.04. The van der Waals surface area contributed by atoms with Crippen LogP contribution in [0.4, 0.5) is 5.82 Å². The highest BCUT2D eigenvalue weighted by molar-refractivity contribution is 7.99. The molecule has 8 nitrogen and oxygen atoms in total. The topological polar surface area (TPSA) is 104 Å². The van der Waals surface area contributed by atoms with Crippen LogP contribution in [0.25, 0.3) is 0 Å². The largest absolute Gasteiger partial charge is 0.489 e. The lowest BCUT2D eigenvalue weighted by Crippen LogP contribution is -2.37. The number of ether oxygens (including phenoxy) is 1. The van der Waals surface area contributed by atoms with Gasteiger partial charge in [-0.2, -0.15) is 16.1 Å². The lowest BCUT2D eigenvalue weighted by molar-refractivity contribution is 0.102. The third-order valence-electron chi connectivity index (χ3n) is 5.71. The summed E-state index contributed by atoms with van der Waals surface area (Å²) in [6, 6.07) is 4.92. The molecular weight excluding hydrogens is 436 g/mol. The minimum atomic E-state index is -3.61. The Morgan fingerprint density at radius 2 is 2.03 bits per heavy atom. The summed E-state index contributed by atoms with van der Waals surface area (Å²) in [6.07, 6.45) is 9.04. The van der Waals surface area contributed by atoms with E-state index in [9.17, 15) is 13.2 Å². The molecular formula is C21H28N4O4S2. The van der Waals surface area contributed by atoms with Crippen molar-refractivity contribution in [2.75, 3.05) is 36.5 Å². The number of hydrogen-bond donors (Lipinski definition) is 2. The third kappa shape index (κ3) is 5.42. The van der Waals surface area contributed by atoms with E-state index in [-0.39, 0.29) is 10.6 Å². The number of nitrogens with zero attached hydrogens (tertiary/aromatic N) is 2. The van der Waals surface area contributed by atoms with Crippen LogP contribution in [0, 0.1) is 5.92 Å². The fourth-order valence-corrected chi connectivity index (χ4v) is 6.50. The third-order valence-corrected chi connectivity index (χ3v) is 8.53. The molecule has 0 spiro atoms. The second-order valence-corrected chi connectivity index (χ2v) is 11.0. The normalized spacial score (nSPS) is 18.6. The van der Waals surface area contributed by atoms with E-state index < -0.39 is 15.9 Å². The van der Waals surface area contributed by atoms with E-state index >= 15 is 0 Å². The number of aromatic amines is 1. The zero-order valence-corrected chi connectivity index (χ0v) is 19.0. The van der Waals surface area contributed by atoms with Crippen molar-refractivity contribution in [3.05, 3.63) is 36.3 Å². The van der Waals surface area contributed by atoms with Gasteiger partial charge in [-0.15, -0.1) is 0 Å². The first-order chi connectivity index (χ1) is 15.0. The minimum Gasteiger partial charge on any atom is -0.489 e. The maximum Gasteiger partial charge on any atom is 0.273 e. The van der Waals surface area contributed by atoms with E-state index in [1.165, 1.54) is 35.8 Å². The average molecular weight is 465 g/mol. The fourth-order valence-electron chi connectivity index (χ4n) is 3.93. The van der Waals surface area contributed by atoms with Gasteiger partial charge in [-0.1, -0.05) is 19.3 Å². The molecule has 10 heteroatoms. The summed E-state index contributed by atoms with van der Waals surface area (Å²) >= 11 is 1.74. The standard InChI is InChI=1S/C21H28N4O4S2/c26-21(18-13-17(14-23-18)31(27,28)25-9-11-30-12-10-25)24-20-19(7-4-8-22-20)29-15-16-5-2-1-3-6-16/h4,7-8,13-14,16,23H,1-3,5-6,9-12,15H2,(H,22,24,26). The fraction of sp³-hybridized carbons (Fsp3) is 0.524. The van der Waals surface area contributed by atoms with E-state index in [0.29, 0.717) is 37.2 Å². The van der Waals surface area contributed by atoms with Gasteiger partial charge in [0.05, 0.1) is 6.61 Å². The molecule has 0 radical (unpaired) electrons. The number of rotatable bonds is 7. The molecule has 168 valence electrons. The number of H-pyrrole nitrogens is 1. The first kappa shape index (κ1) is 22.2. The molecule has 2 aromatic heterocycles. The van der Waals surface area contributed by atoms with Crippen molar-refractivity contribution in [1.82, 2.24) is 14.3 Å². The summed E-state index contributed by atoms with van der Waals surface area (Å²) < 4.78 is 33.0. The molecule has 0 bridgehead atoms. The molecule has 2 aliphatic rings. The second-order valence-electron chi connectivity index (χ2n) is 7.88. The van der Waals surface area contributed by atoms with Crippen LogP contribution in [-0.2, 0) is 10.0 Å². The van der Waals surface area contributed by atoms with Gasteiger partial charge in [0, 0.05) is 37.0 Å². The molecule has 31 heavy (non-hydrogen) atoms. The van der Waals surface area contributed by atoms with Crippen molar-refractivity contribution in [1.29, 1.82) is 0 Å². The summed E-state index contributed by atoms with van der Waals surface area (Å²) in [6.45, 7) is 1.57. The van der Waals surface area contributed by atoms with Gasteiger partial charge >= 0.3 is 0 Å². The Balaban J connectivity index is 1.42. The van der Waals surface area contributed by atoms with Crippen molar-refractivity contribution < 1.29 is 17.9 Å². The van der Waals surface area contributed by atoms with Gasteiger partial charge in [0.1, 0.15) is 10.6 Å². The highest BCUT2D eigenvalue weighted by Gasteiger charge is 2.28. The lowest BCUT2D eigenvalue weighted by atomic mass is 9.90. The Bertz CT molecular complexity index is 996. The van der Waals surface area contributed by atoms with Gasteiger partial charge < -0.3 is 15.0 Å². The van der Waals surface area contributed by atoms with Crippen LogP contribution >= 0.6 is 11.8 Å². The number of anilines is 1. The van der Waals surface area contributed by atoms with Crippen LogP contribution in [0.15, 0.2) is 35.5 Å². The van der Waals surface area contributed by atoms with Crippen LogP contribution in [-0.4, -0.2) is 59.8 Å². The number of nitrogens with one attached hydrogen (secondary N) is 2. The van der Waals surface area contributed by atoms with Gasteiger partial charge in [0.2, 0.25) is 10.0 Å². The van der Waals surface area contributed by atoms with Gasteiger partial charge in [0.25, 0.3) is 5.91 Å². The summed E-state index contributed by atoms with van der Waals surface area (Å²) in [5.41, 5.74) is 0.161. The highest BCUT2D eigenvalue weighted by Crippen LogP contribution is 2.27. The minimum absolute atomic E-state index is 0.0966. The molecule has 1 aliphatic carbocycles. The van der Waals surface area contributed by atoms with Crippen molar-refractivity contribution in [2.45, 2.75) is 37.0 Å². The SMILES string of the molecule is O=C(Nc1ncccc1OCC1CCCCC1)c1cc(S(=O)(=O)N2CCSCC2)c[nH]1. The first-order valence-electron chi connectivity index (χ1n) is 10.7. The summed E-state index contributed by atoms with van der Waals surface area (Å²) in [5.74, 6) is 2.47. The Labute approximate surface area is 187 Å². The summed E-state index contributed by atoms with van der Waals surface area (Å²) in [5, 5.41) is 2.74. The molecule has 1 saturated heterocycles. The van der Waals surface area contributed by atoms with Gasteiger partial charge in [-0.05, 0) is 37.0 Å². The molecule has 1 saturated carbocycles. The van der Waals surface area contributed by atoms with E-state index in [1.807, 2.05) is 0 Å². The predicted molar refractivity (Wildman–Crippen MR) is 121 cm³/mol. The maximum atomic E-state index is 12.8. The predicted octanol–water partition coefficient (Wildman–Crippen LogP) is 3.36. The quantitative estimate of drug-likeness (QED) is 0.651. The molecule has 0 unspecified atom stereocenters. The maximum absolute atomic E-state index is 12.8. The summed E-state index contributed by atoms with van der Waals surface area (Å²) in [7, 11) is -3.61. The average Bonchev–Trinajstić information content (AvgIpc) is 3.31. The molecule has 2 N–H and O–H groups in total. The lowest BCUT2D eigenvalue weighted by Gasteiger charge is -2.24. The Morgan fingerprint density at radius 3 is 2.81 bits per heavy atom. The van der Waals surface area contributed by atoms with Crippen molar-refractivity contribution in [2.24, 2.45) is 5.92 Å². The molecule has 4 rings (SSSR count). The molecule has 1 aliphatic heterocycles. The molecule has 3 heterocycles. The zero-order chi connectivity index (χ0) is 21.7. The number of aromatic nitrogens is 2. The molecule has 1 amide bonds. The number of sulfonamides is 1. The number of pyridine rings is 1. The van der Waals surface area contributed by atoms with E-state index in [1.54, 1.807) is 30.1 Å². The number of carbonyl (C=O) groups is 1. The van der Waals surface area contributed by atoms with Crippen LogP contribution < -0.4 is 10.1 Å². The van der Waals surface area contributed by atoms with E-state index in [4.69, 9.17) is 4.74 Å². The van der Waals surface area contributed by atoms with E-state index in [2.05, 4.69) is 15.3 Å². The number of amides is 1. The van der Waals surface area contributed by atoms with Crippen LogP contribution in [0.3, 0.4) is 0 Å². The Kier molecular flexibility index (Phi) is 7.19. The Morgan fingerprint density at radius 1 is 1.26 bits per heavy atom. The number of carbonyl (C=O) groups excluding carboxylic acids is 1. The first-order valence-corrected chi connectivity index (χ1v) is 13.3. The zero-order valence-electron chi connectivity index (χ0n) is 17.4. The molecule has 0 aromatic carbocycles. The smallest absolute Gasteiger partial charge is 0.273 e. The number of hydrogen-bond acceptors (Lipinski definition) is 6. The van der Waals surface area contributed by atoms with Gasteiger partial charge in [-0.3, -0.25) is 4.79 Å². The monoisotopic (exact) mass is 464 g/mol. The highest BCUT2D eigenvalue weighted by atomic mass is 32.2.